The van der Waals surface area contributed by atoms with Gasteiger partial charge >= 0.3 is 0 Å². The molecule has 1 aliphatic rings. The van der Waals surface area contributed by atoms with Crippen molar-refractivity contribution in [1.29, 1.82) is 0 Å². The summed E-state index contributed by atoms with van der Waals surface area (Å²) in [5.74, 6) is 1.62. The van der Waals surface area contributed by atoms with Gasteiger partial charge in [-0.15, -0.1) is 11.6 Å². The van der Waals surface area contributed by atoms with Gasteiger partial charge in [0, 0.05) is 0 Å². The molecular weight excluding hydrogens is 368 g/mol. The molecule has 0 unspecified atom stereocenters. The maximum atomic E-state index is 10.00. The average molecular weight is 391 g/mol. The van der Waals surface area contributed by atoms with Crippen molar-refractivity contribution < 1.29 is 9.84 Å². The number of phenols is 1. The number of alkyl halides is 1. The zero-order valence-corrected chi connectivity index (χ0v) is 16.5. The molecule has 0 radical (unpaired) electrons. The normalized spacial score (nSPS) is 13.8. The summed E-state index contributed by atoms with van der Waals surface area (Å²) in [7, 11) is 0. The van der Waals surface area contributed by atoms with E-state index in [1.165, 1.54) is 27.8 Å². The Bertz CT molecular complexity index is 975. The minimum Gasteiger partial charge on any atom is -0.508 e. The third-order valence-electron chi connectivity index (χ3n) is 5.14. The number of aryl methyl sites for hydroxylation is 1. The standard InChI is InChI=1S/C25H23ClO2/c26-15-16-28-22-12-9-19(10-13-22)25-23(18-5-2-1-3-6-18)8-4-7-20-17-21(27)11-14-24(20)25/h1-3,5-6,9-14,17,27H,4,7-8,15-16H2. The first-order valence-electron chi connectivity index (χ1n) is 9.66. The van der Waals surface area contributed by atoms with Crippen LogP contribution in [-0.4, -0.2) is 17.6 Å². The molecule has 0 amide bonds. The monoisotopic (exact) mass is 390 g/mol. The van der Waals surface area contributed by atoms with Crippen molar-refractivity contribution in [1.82, 2.24) is 0 Å². The summed E-state index contributed by atoms with van der Waals surface area (Å²) in [4.78, 5) is 0. The molecule has 0 fully saturated rings. The number of allylic oxidation sites excluding steroid dienone is 1. The Morgan fingerprint density at radius 3 is 2.39 bits per heavy atom. The van der Waals surface area contributed by atoms with Crippen LogP contribution in [0, 0.1) is 0 Å². The van der Waals surface area contributed by atoms with Crippen molar-refractivity contribution in [2.45, 2.75) is 19.3 Å². The highest BCUT2D eigenvalue weighted by Gasteiger charge is 2.20. The predicted octanol–water partition coefficient (Wildman–Crippen LogP) is 6.31. The van der Waals surface area contributed by atoms with Gasteiger partial charge < -0.3 is 9.84 Å². The molecule has 0 saturated carbocycles. The van der Waals surface area contributed by atoms with E-state index >= 15 is 0 Å². The molecule has 0 heterocycles. The van der Waals surface area contributed by atoms with Crippen LogP contribution in [0.1, 0.15) is 35.1 Å². The van der Waals surface area contributed by atoms with Crippen molar-refractivity contribution >= 4 is 22.7 Å². The summed E-state index contributed by atoms with van der Waals surface area (Å²) in [6.07, 6.45) is 3.01. The molecule has 1 aliphatic carbocycles. The van der Waals surface area contributed by atoms with Crippen molar-refractivity contribution in [3.63, 3.8) is 0 Å². The van der Waals surface area contributed by atoms with E-state index in [-0.39, 0.29) is 0 Å². The lowest BCUT2D eigenvalue weighted by Gasteiger charge is -2.17. The maximum Gasteiger partial charge on any atom is 0.119 e. The van der Waals surface area contributed by atoms with Crippen LogP contribution < -0.4 is 4.74 Å². The van der Waals surface area contributed by atoms with Gasteiger partial charge in [0.25, 0.3) is 0 Å². The second-order valence-electron chi connectivity index (χ2n) is 6.98. The van der Waals surface area contributed by atoms with Gasteiger partial charge in [-0.05, 0) is 76.9 Å². The fourth-order valence-corrected chi connectivity index (χ4v) is 3.98. The second kappa shape index (κ2) is 8.53. The highest BCUT2D eigenvalue weighted by Crippen LogP contribution is 2.40. The fraction of sp³-hybridized carbons (Fsp3) is 0.200. The summed E-state index contributed by atoms with van der Waals surface area (Å²) < 4.78 is 5.64. The molecule has 4 rings (SSSR count). The van der Waals surface area contributed by atoms with E-state index in [1.54, 1.807) is 6.07 Å². The molecule has 3 aromatic carbocycles. The summed E-state index contributed by atoms with van der Waals surface area (Å²) in [5, 5.41) is 10.00. The third kappa shape index (κ3) is 3.93. The van der Waals surface area contributed by atoms with E-state index in [2.05, 4.69) is 42.5 Å². The molecule has 0 atom stereocenters. The van der Waals surface area contributed by atoms with Gasteiger partial charge in [-0.2, -0.15) is 0 Å². The maximum absolute atomic E-state index is 10.00. The minimum absolute atomic E-state index is 0.325. The highest BCUT2D eigenvalue weighted by atomic mass is 35.5. The first kappa shape index (κ1) is 18.6. The van der Waals surface area contributed by atoms with Crippen molar-refractivity contribution in [3.8, 4) is 11.5 Å². The minimum atomic E-state index is 0.325. The topological polar surface area (TPSA) is 29.5 Å². The number of rotatable bonds is 5. The van der Waals surface area contributed by atoms with E-state index < -0.39 is 0 Å². The van der Waals surface area contributed by atoms with E-state index in [0.717, 1.165) is 30.6 Å². The van der Waals surface area contributed by atoms with Crippen LogP contribution in [0.4, 0.5) is 0 Å². The van der Waals surface area contributed by atoms with Crippen LogP contribution in [0.15, 0.2) is 72.8 Å². The van der Waals surface area contributed by atoms with Crippen LogP contribution in [-0.2, 0) is 6.42 Å². The lowest BCUT2D eigenvalue weighted by molar-refractivity contribution is 0.343. The molecule has 2 nitrogen and oxygen atoms in total. The largest absolute Gasteiger partial charge is 0.508 e. The molecule has 3 heteroatoms. The van der Waals surface area contributed by atoms with E-state index in [1.807, 2.05) is 24.3 Å². The smallest absolute Gasteiger partial charge is 0.119 e. The highest BCUT2D eigenvalue weighted by molar-refractivity contribution is 6.18. The van der Waals surface area contributed by atoms with Gasteiger partial charge in [0.15, 0.2) is 0 Å². The Morgan fingerprint density at radius 1 is 0.857 bits per heavy atom. The molecule has 142 valence electrons. The van der Waals surface area contributed by atoms with Gasteiger partial charge in [0.2, 0.25) is 0 Å². The Labute approximate surface area is 171 Å². The number of benzene rings is 3. The molecule has 28 heavy (non-hydrogen) atoms. The average Bonchev–Trinajstić information content (AvgIpc) is 2.92. The molecule has 0 saturated heterocycles. The Morgan fingerprint density at radius 2 is 1.64 bits per heavy atom. The van der Waals surface area contributed by atoms with Gasteiger partial charge in [-0.25, -0.2) is 0 Å². The first-order valence-corrected chi connectivity index (χ1v) is 10.2. The van der Waals surface area contributed by atoms with E-state index in [0.29, 0.717) is 18.2 Å². The summed E-state index contributed by atoms with van der Waals surface area (Å²) >= 11 is 5.73. The summed E-state index contributed by atoms with van der Waals surface area (Å²) in [6.45, 7) is 0.501. The Kier molecular flexibility index (Phi) is 5.68. The van der Waals surface area contributed by atoms with Crippen molar-refractivity contribution in [3.05, 3.63) is 95.1 Å². The number of ether oxygens (including phenoxy) is 1. The molecule has 0 spiro atoms. The third-order valence-corrected chi connectivity index (χ3v) is 5.30. The lowest BCUT2D eigenvalue weighted by atomic mass is 9.88. The predicted molar refractivity (Wildman–Crippen MR) is 116 cm³/mol. The van der Waals surface area contributed by atoms with Crippen LogP contribution in [0.25, 0.3) is 11.1 Å². The molecule has 1 N–H and O–H groups in total. The molecule has 3 aromatic rings. The van der Waals surface area contributed by atoms with Gasteiger partial charge in [0.05, 0.1) is 5.88 Å². The second-order valence-corrected chi connectivity index (χ2v) is 7.35. The number of halogens is 1. The van der Waals surface area contributed by atoms with Gasteiger partial charge in [-0.1, -0.05) is 48.5 Å². The van der Waals surface area contributed by atoms with Crippen LogP contribution in [0.2, 0.25) is 0 Å². The molecule has 0 bridgehead atoms. The number of fused-ring (bicyclic) bond motifs is 1. The SMILES string of the molecule is Oc1ccc2c(c1)CCCC(c1ccccc1)=C2c1ccc(OCCCl)cc1. The Balaban J connectivity index is 1.87. The van der Waals surface area contributed by atoms with Gasteiger partial charge in [-0.3, -0.25) is 0 Å². The number of phenolic OH excluding ortho intramolecular Hbond substituents is 1. The first-order chi connectivity index (χ1) is 13.8. The quantitative estimate of drug-likeness (QED) is 0.517. The van der Waals surface area contributed by atoms with Crippen molar-refractivity contribution in [2.24, 2.45) is 0 Å². The molecule has 0 aliphatic heterocycles. The van der Waals surface area contributed by atoms with Crippen LogP contribution in [0.3, 0.4) is 0 Å². The van der Waals surface area contributed by atoms with Gasteiger partial charge in [0.1, 0.15) is 18.1 Å². The Hall–Kier alpha value is -2.71. The molecule has 0 aromatic heterocycles. The molecular formula is C25H23ClO2. The summed E-state index contributed by atoms with van der Waals surface area (Å²) in [6, 6.07) is 24.6. The number of hydrogen-bond acceptors (Lipinski definition) is 2. The van der Waals surface area contributed by atoms with E-state index in [4.69, 9.17) is 16.3 Å². The zero-order valence-electron chi connectivity index (χ0n) is 15.7. The summed E-state index contributed by atoms with van der Waals surface area (Å²) in [5.41, 5.74) is 7.39. The lowest BCUT2D eigenvalue weighted by Crippen LogP contribution is -1.99. The van der Waals surface area contributed by atoms with Crippen molar-refractivity contribution in [2.75, 3.05) is 12.5 Å². The fourth-order valence-electron chi connectivity index (χ4n) is 3.91. The zero-order chi connectivity index (χ0) is 19.3. The number of aromatic hydroxyl groups is 1. The number of hydrogen-bond donors (Lipinski definition) is 1. The van der Waals surface area contributed by atoms with Crippen LogP contribution in [0.5, 0.6) is 11.5 Å². The van der Waals surface area contributed by atoms with E-state index in [9.17, 15) is 5.11 Å². The van der Waals surface area contributed by atoms with Crippen LogP contribution >= 0.6 is 11.6 Å².